The van der Waals surface area contributed by atoms with E-state index in [2.05, 4.69) is 26.0 Å². The maximum atomic E-state index is 5.85. The summed E-state index contributed by atoms with van der Waals surface area (Å²) in [6.45, 7) is 5.97. The Kier molecular flexibility index (Phi) is 33.3. The average Bonchev–Trinajstić information content (AvgIpc) is 2.95. The van der Waals surface area contributed by atoms with Crippen molar-refractivity contribution in [2.24, 2.45) is 0 Å². The first-order valence-electron chi connectivity index (χ1n) is 15.7. The van der Waals surface area contributed by atoms with Crippen LogP contribution in [0.1, 0.15) is 129 Å². The van der Waals surface area contributed by atoms with Gasteiger partial charge in [-0.05, 0) is 63.5 Å². The van der Waals surface area contributed by atoms with Crippen LogP contribution in [0, 0.1) is 0 Å². The summed E-state index contributed by atoms with van der Waals surface area (Å²) < 4.78 is 28.3. The van der Waals surface area contributed by atoms with E-state index in [1.807, 2.05) is 12.5 Å². The molecule has 0 amide bonds. The molecule has 5 nitrogen and oxygen atoms in total. The normalized spacial score (nSPS) is 13.4. The third-order valence-corrected chi connectivity index (χ3v) is 7.19. The van der Waals surface area contributed by atoms with Gasteiger partial charge in [0, 0.05) is 24.6 Å². The number of hydrogen-bond donors (Lipinski definition) is 0. The minimum absolute atomic E-state index is 0.180. The highest BCUT2D eigenvalue weighted by molar-refractivity contribution is 6.18. The summed E-state index contributed by atoms with van der Waals surface area (Å²) in [7, 11) is 0. The van der Waals surface area contributed by atoms with Crippen LogP contribution in [-0.2, 0) is 23.7 Å². The van der Waals surface area contributed by atoms with E-state index in [9.17, 15) is 0 Å². The molecule has 0 heterocycles. The lowest BCUT2D eigenvalue weighted by atomic mass is 10.1. The Bertz CT molecular complexity index is 475. The highest BCUT2D eigenvalue weighted by Gasteiger charge is 2.06. The van der Waals surface area contributed by atoms with Crippen molar-refractivity contribution in [1.82, 2.24) is 0 Å². The molecule has 0 aliphatic carbocycles. The maximum Gasteiger partial charge on any atom is 0.149 e. The number of halogens is 2. The van der Waals surface area contributed by atoms with E-state index >= 15 is 0 Å². The zero-order valence-electron chi connectivity index (χ0n) is 25.2. The van der Waals surface area contributed by atoms with Crippen molar-refractivity contribution >= 4 is 23.2 Å². The zero-order valence-corrected chi connectivity index (χ0v) is 26.7. The molecule has 2 atom stereocenters. The third-order valence-electron chi connectivity index (χ3n) is 6.66. The van der Waals surface area contributed by atoms with Crippen LogP contribution in [0.25, 0.3) is 0 Å². The van der Waals surface area contributed by atoms with E-state index in [1.165, 1.54) is 64.2 Å². The summed E-state index contributed by atoms with van der Waals surface area (Å²) in [4.78, 5) is 0. The SMILES string of the molecule is CCC(CCOCOCOCCC(CC)OC=CCCCCCCCCCl)OC=CCCCCCCCCCl. The topological polar surface area (TPSA) is 46.2 Å². The maximum absolute atomic E-state index is 5.85. The van der Waals surface area contributed by atoms with Crippen LogP contribution < -0.4 is 0 Å². The Hall–Kier alpha value is -0.460. The molecule has 0 aromatic heterocycles. The Morgan fingerprint density at radius 2 is 0.897 bits per heavy atom. The Morgan fingerprint density at radius 3 is 1.28 bits per heavy atom. The molecule has 0 aromatic rings. The lowest BCUT2D eigenvalue weighted by Crippen LogP contribution is -2.15. The van der Waals surface area contributed by atoms with Crippen molar-refractivity contribution in [3.05, 3.63) is 24.7 Å². The number of hydrogen-bond acceptors (Lipinski definition) is 5. The summed E-state index contributed by atoms with van der Waals surface area (Å²) in [5.74, 6) is 1.58. The molecular weight excluding hydrogens is 535 g/mol. The van der Waals surface area contributed by atoms with Crippen molar-refractivity contribution < 1.29 is 23.7 Å². The first kappa shape index (κ1) is 38.5. The molecular formula is C32H60Cl2O5. The first-order chi connectivity index (χ1) is 19.3. The van der Waals surface area contributed by atoms with Crippen LogP contribution in [0.3, 0.4) is 0 Å². The standard InChI is InChI=1S/C32H60Cl2O5/c1-3-31(38-25-19-15-11-7-5-9-13-17-23-33)21-27-35-29-37-30-36-28-22-32(4-2)39-26-20-16-12-8-6-10-14-18-24-34/h19-20,25-26,31-32H,3-18,21-24,27-30H2,1-2H3. The molecule has 0 saturated heterocycles. The molecule has 0 aliphatic rings. The molecule has 0 spiro atoms. The highest BCUT2D eigenvalue weighted by atomic mass is 35.5. The molecule has 2 unspecified atom stereocenters. The van der Waals surface area contributed by atoms with Gasteiger partial charge in [0.05, 0.1) is 37.9 Å². The van der Waals surface area contributed by atoms with Crippen LogP contribution in [0.4, 0.5) is 0 Å². The smallest absolute Gasteiger partial charge is 0.149 e. The molecule has 0 aromatic carbocycles. The Labute approximate surface area is 251 Å². The van der Waals surface area contributed by atoms with Crippen LogP contribution in [-0.4, -0.2) is 50.8 Å². The van der Waals surface area contributed by atoms with Crippen molar-refractivity contribution in [3.63, 3.8) is 0 Å². The lowest BCUT2D eigenvalue weighted by Gasteiger charge is -2.15. The van der Waals surface area contributed by atoms with Gasteiger partial charge in [0.25, 0.3) is 0 Å². The summed E-state index contributed by atoms with van der Waals surface area (Å²) in [6, 6.07) is 0. The molecule has 0 radical (unpaired) electrons. The van der Waals surface area contributed by atoms with E-state index in [0.717, 1.165) is 63.1 Å². The molecule has 0 saturated carbocycles. The second-order valence-corrected chi connectivity index (χ2v) is 10.9. The van der Waals surface area contributed by atoms with Crippen LogP contribution in [0.15, 0.2) is 24.7 Å². The van der Waals surface area contributed by atoms with Gasteiger partial charge in [-0.15, -0.1) is 23.2 Å². The van der Waals surface area contributed by atoms with E-state index < -0.39 is 0 Å². The average molecular weight is 596 g/mol. The molecule has 0 rings (SSSR count). The van der Waals surface area contributed by atoms with Crippen molar-refractivity contribution in [3.8, 4) is 0 Å². The first-order valence-corrected chi connectivity index (χ1v) is 16.8. The second kappa shape index (κ2) is 33.7. The molecule has 0 bridgehead atoms. The van der Waals surface area contributed by atoms with Crippen LogP contribution >= 0.6 is 23.2 Å². The summed E-state index contributed by atoms with van der Waals surface area (Å²) >= 11 is 11.4. The minimum atomic E-state index is 0.180. The monoisotopic (exact) mass is 594 g/mol. The van der Waals surface area contributed by atoms with E-state index in [1.54, 1.807) is 0 Å². The van der Waals surface area contributed by atoms with Gasteiger partial charge in [-0.3, -0.25) is 0 Å². The molecule has 0 fully saturated rings. The fraction of sp³-hybridized carbons (Fsp3) is 0.875. The van der Waals surface area contributed by atoms with Gasteiger partial charge in [0.2, 0.25) is 0 Å². The van der Waals surface area contributed by atoms with Crippen LogP contribution in [0.2, 0.25) is 0 Å². The zero-order chi connectivity index (χ0) is 28.5. The van der Waals surface area contributed by atoms with Crippen molar-refractivity contribution in [1.29, 1.82) is 0 Å². The lowest BCUT2D eigenvalue weighted by molar-refractivity contribution is -0.135. The summed E-state index contributed by atoms with van der Waals surface area (Å²) in [6.07, 6.45) is 29.1. The number of ether oxygens (including phenoxy) is 5. The highest BCUT2D eigenvalue weighted by Crippen LogP contribution is 2.11. The van der Waals surface area contributed by atoms with Crippen molar-refractivity contribution in [2.45, 2.75) is 142 Å². The van der Waals surface area contributed by atoms with Gasteiger partial charge < -0.3 is 23.7 Å². The predicted molar refractivity (Wildman–Crippen MR) is 167 cm³/mol. The van der Waals surface area contributed by atoms with Gasteiger partial charge in [0.15, 0.2) is 0 Å². The fourth-order valence-corrected chi connectivity index (χ4v) is 4.41. The van der Waals surface area contributed by atoms with E-state index in [0.29, 0.717) is 13.2 Å². The van der Waals surface area contributed by atoms with Gasteiger partial charge in [-0.1, -0.05) is 65.2 Å². The predicted octanol–water partition coefficient (Wildman–Crippen LogP) is 10.3. The molecule has 0 N–H and O–H groups in total. The van der Waals surface area contributed by atoms with Gasteiger partial charge in [-0.2, -0.15) is 0 Å². The van der Waals surface area contributed by atoms with Gasteiger partial charge >= 0.3 is 0 Å². The summed E-state index contributed by atoms with van der Waals surface area (Å²) in [5.41, 5.74) is 0. The Morgan fingerprint density at radius 1 is 0.513 bits per heavy atom. The Balaban J connectivity index is 3.55. The van der Waals surface area contributed by atoms with Crippen LogP contribution in [0.5, 0.6) is 0 Å². The van der Waals surface area contributed by atoms with E-state index in [-0.39, 0.29) is 25.8 Å². The van der Waals surface area contributed by atoms with E-state index in [4.69, 9.17) is 46.9 Å². The third kappa shape index (κ3) is 30.3. The number of alkyl halides is 2. The van der Waals surface area contributed by atoms with Gasteiger partial charge in [0.1, 0.15) is 13.6 Å². The van der Waals surface area contributed by atoms with Crippen molar-refractivity contribution in [2.75, 3.05) is 38.6 Å². The molecule has 232 valence electrons. The summed E-state index contributed by atoms with van der Waals surface area (Å²) in [5, 5.41) is 0. The fourth-order valence-electron chi connectivity index (χ4n) is 4.03. The minimum Gasteiger partial charge on any atom is -0.498 e. The quantitative estimate of drug-likeness (QED) is 0.0335. The largest absolute Gasteiger partial charge is 0.498 e. The molecule has 0 aliphatic heterocycles. The number of unbranched alkanes of at least 4 members (excludes halogenated alkanes) is 12. The molecule has 39 heavy (non-hydrogen) atoms. The molecule has 7 heteroatoms. The number of allylic oxidation sites excluding steroid dienone is 2. The number of rotatable bonds is 32. The van der Waals surface area contributed by atoms with Gasteiger partial charge in [-0.25, -0.2) is 0 Å². The second-order valence-electron chi connectivity index (χ2n) is 10.1.